The summed E-state index contributed by atoms with van der Waals surface area (Å²) in [7, 11) is 3.48. The van der Waals surface area contributed by atoms with Crippen molar-refractivity contribution in [1.82, 2.24) is 4.98 Å². The molecule has 0 aliphatic rings. The molecule has 1 aromatic heterocycles. The van der Waals surface area contributed by atoms with Crippen LogP contribution in [0.3, 0.4) is 0 Å². The van der Waals surface area contributed by atoms with Crippen molar-refractivity contribution in [2.24, 2.45) is 0 Å². The van der Waals surface area contributed by atoms with E-state index in [2.05, 4.69) is 35.9 Å². The van der Waals surface area contributed by atoms with Gasteiger partial charge in [0.25, 0.3) is 0 Å². The molecule has 1 heterocycles. The van der Waals surface area contributed by atoms with Crippen LogP contribution in [0.2, 0.25) is 10.4 Å². The van der Waals surface area contributed by atoms with E-state index in [4.69, 9.17) is 9.47 Å². The summed E-state index contributed by atoms with van der Waals surface area (Å²) in [4.78, 5) is 6.95. The summed E-state index contributed by atoms with van der Waals surface area (Å²) in [6.07, 6.45) is 1.89. The van der Waals surface area contributed by atoms with Crippen molar-refractivity contribution in [3.05, 3.63) is 18.3 Å². The molecule has 0 N–H and O–H groups in total. The van der Waals surface area contributed by atoms with E-state index in [0.29, 0.717) is 13.2 Å². The number of methoxy groups -OCH3 is 2. The van der Waals surface area contributed by atoms with Crippen molar-refractivity contribution >= 4 is 37.2 Å². The van der Waals surface area contributed by atoms with Gasteiger partial charge in [-0.05, 0) is 0 Å². The molecule has 0 unspecified atom stereocenters. The van der Waals surface area contributed by atoms with E-state index in [1.807, 2.05) is 6.20 Å². The maximum absolute atomic E-state index is 5.23. The molecular formula is C15H28AsClN2O2. The predicted molar refractivity (Wildman–Crippen MR) is 93.8 cm³/mol. The second kappa shape index (κ2) is 12.3. The molecule has 1 aromatic rings. The van der Waals surface area contributed by atoms with Gasteiger partial charge < -0.3 is 0 Å². The van der Waals surface area contributed by atoms with E-state index in [1.54, 1.807) is 14.2 Å². The molecule has 122 valence electrons. The van der Waals surface area contributed by atoms with Gasteiger partial charge in [-0.1, -0.05) is 0 Å². The Morgan fingerprint density at radius 3 is 2.14 bits per heavy atom. The minimum atomic E-state index is -0.973. The van der Waals surface area contributed by atoms with E-state index in [-0.39, 0.29) is 12.4 Å². The van der Waals surface area contributed by atoms with Crippen LogP contribution in [-0.4, -0.2) is 60.2 Å². The number of aromatic nitrogens is 1. The van der Waals surface area contributed by atoms with Gasteiger partial charge in [-0.2, -0.15) is 0 Å². The van der Waals surface area contributed by atoms with Crippen LogP contribution in [0.5, 0.6) is 0 Å². The van der Waals surface area contributed by atoms with E-state index >= 15 is 0 Å². The Morgan fingerprint density at radius 2 is 1.67 bits per heavy atom. The Hall–Kier alpha value is -0.282. The minimum Gasteiger partial charge on any atom is -0.147 e. The van der Waals surface area contributed by atoms with Crippen molar-refractivity contribution in [3.63, 3.8) is 0 Å². The van der Waals surface area contributed by atoms with Crippen molar-refractivity contribution < 1.29 is 9.47 Å². The van der Waals surface area contributed by atoms with Crippen LogP contribution in [-0.2, 0) is 9.47 Å². The zero-order valence-electron chi connectivity index (χ0n) is 13.5. The summed E-state index contributed by atoms with van der Waals surface area (Å²) in [5.74, 6) is 1.14. The van der Waals surface area contributed by atoms with Crippen LogP contribution in [0.4, 0.5) is 5.82 Å². The zero-order chi connectivity index (χ0) is 14.8. The summed E-state index contributed by atoms with van der Waals surface area (Å²) >= 11 is -0.973. The maximum Gasteiger partial charge on any atom is -0.147 e. The van der Waals surface area contributed by atoms with E-state index in [1.165, 1.54) is 14.8 Å². The van der Waals surface area contributed by atoms with Gasteiger partial charge in [-0.15, -0.1) is 12.4 Å². The molecule has 0 radical (unpaired) electrons. The van der Waals surface area contributed by atoms with Gasteiger partial charge in [0.2, 0.25) is 0 Å². The minimum absolute atomic E-state index is 0. The first-order valence-electron chi connectivity index (χ1n) is 7.21. The van der Waals surface area contributed by atoms with Crippen LogP contribution < -0.4 is 9.25 Å². The van der Waals surface area contributed by atoms with Crippen LogP contribution in [0.1, 0.15) is 13.8 Å². The molecule has 0 atom stereocenters. The van der Waals surface area contributed by atoms with Crippen LogP contribution in [0, 0.1) is 0 Å². The number of anilines is 1. The van der Waals surface area contributed by atoms with Crippen molar-refractivity contribution in [3.8, 4) is 0 Å². The number of halogens is 1. The van der Waals surface area contributed by atoms with Crippen molar-refractivity contribution in [1.29, 1.82) is 0 Å². The topological polar surface area (TPSA) is 34.6 Å². The van der Waals surface area contributed by atoms with Gasteiger partial charge in [-0.25, -0.2) is 0 Å². The summed E-state index contributed by atoms with van der Waals surface area (Å²) < 4.78 is 11.9. The van der Waals surface area contributed by atoms with Gasteiger partial charge in [0, 0.05) is 0 Å². The molecule has 0 aliphatic heterocycles. The first kappa shape index (κ1) is 20.7. The molecule has 21 heavy (non-hydrogen) atoms. The number of ether oxygens (including phenoxy) is 2. The van der Waals surface area contributed by atoms with Gasteiger partial charge in [-0.3, -0.25) is 0 Å². The van der Waals surface area contributed by atoms with Gasteiger partial charge in [0.15, 0.2) is 0 Å². The number of pyridine rings is 1. The largest absolute Gasteiger partial charge is 0.147 e. The molecule has 0 saturated heterocycles. The third-order valence-corrected chi connectivity index (χ3v) is 8.67. The van der Waals surface area contributed by atoms with Gasteiger partial charge >= 0.3 is 127 Å². The van der Waals surface area contributed by atoms with Gasteiger partial charge in [0.1, 0.15) is 0 Å². The standard InChI is InChI=1S/C15H27AsN2O2.ClH/c1-5-16(6-2)14-8-7-9-17-15(14)18(10-12-19-3)11-13-20-4;/h7-9H,5-6,10-13H2,1-4H3;1H. The average Bonchev–Trinajstić information content (AvgIpc) is 2.49. The Balaban J connectivity index is 0.00000400. The van der Waals surface area contributed by atoms with Crippen LogP contribution >= 0.6 is 12.4 Å². The fourth-order valence-electron chi connectivity index (χ4n) is 2.17. The van der Waals surface area contributed by atoms with Crippen LogP contribution in [0.25, 0.3) is 0 Å². The van der Waals surface area contributed by atoms with Gasteiger partial charge in [0.05, 0.1) is 0 Å². The number of rotatable bonds is 10. The maximum atomic E-state index is 5.23. The molecule has 6 heteroatoms. The Kier molecular flexibility index (Phi) is 12.1. The predicted octanol–water partition coefficient (Wildman–Crippen LogP) is 2.34. The molecule has 1 rings (SSSR count). The summed E-state index contributed by atoms with van der Waals surface area (Å²) in [5.41, 5.74) is 0. The Labute approximate surface area is 139 Å². The molecule has 0 saturated carbocycles. The first-order chi connectivity index (χ1) is 9.78. The van der Waals surface area contributed by atoms with Crippen molar-refractivity contribution in [2.75, 3.05) is 45.4 Å². The first-order valence-corrected chi connectivity index (χ1v) is 10.8. The van der Waals surface area contributed by atoms with Crippen molar-refractivity contribution in [2.45, 2.75) is 24.3 Å². The second-order valence-electron chi connectivity index (χ2n) is 4.49. The molecule has 0 bridgehead atoms. The van der Waals surface area contributed by atoms with E-state index in [0.717, 1.165) is 18.9 Å². The fourth-order valence-corrected chi connectivity index (χ4v) is 6.17. The molecule has 0 aromatic carbocycles. The summed E-state index contributed by atoms with van der Waals surface area (Å²) in [6.45, 7) is 7.75. The van der Waals surface area contributed by atoms with E-state index in [9.17, 15) is 0 Å². The Bertz CT molecular complexity index is 370. The Morgan fingerprint density at radius 1 is 1.10 bits per heavy atom. The molecule has 0 aliphatic carbocycles. The molecule has 4 nitrogen and oxygen atoms in total. The number of nitrogens with zero attached hydrogens (tertiary/aromatic N) is 2. The van der Waals surface area contributed by atoms with Crippen LogP contribution in [0.15, 0.2) is 18.3 Å². The second-order valence-corrected chi connectivity index (χ2v) is 10.4. The average molecular weight is 379 g/mol. The SMILES string of the molecule is CC[As](CC)c1cccnc1N(CCOC)CCOC.Cl. The fraction of sp³-hybridized carbons (Fsp3) is 0.667. The monoisotopic (exact) mass is 378 g/mol. The summed E-state index contributed by atoms with van der Waals surface area (Å²) in [6, 6.07) is 4.33. The molecular weight excluding hydrogens is 351 g/mol. The summed E-state index contributed by atoms with van der Waals surface area (Å²) in [5, 5.41) is 2.56. The molecule has 0 spiro atoms. The smallest absolute Gasteiger partial charge is 0.147 e. The third-order valence-electron chi connectivity index (χ3n) is 3.30. The zero-order valence-corrected chi connectivity index (χ0v) is 16.2. The molecule has 0 fully saturated rings. The van der Waals surface area contributed by atoms with E-state index < -0.39 is 14.7 Å². The quantitative estimate of drug-likeness (QED) is 0.585. The number of hydrogen-bond donors (Lipinski definition) is 0. The number of hydrogen-bond acceptors (Lipinski definition) is 4. The molecule has 0 amide bonds. The normalized spacial score (nSPS) is 10.5. The third kappa shape index (κ3) is 6.56.